The second-order valence-electron chi connectivity index (χ2n) is 7.43. The molecular formula is C21H27N5O2. The Morgan fingerprint density at radius 1 is 1.18 bits per heavy atom. The molecule has 0 radical (unpaired) electrons. The van der Waals surface area contributed by atoms with E-state index in [9.17, 15) is 4.79 Å². The third-order valence-corrected chi connectivity index (χ3v) is 5.30. The van der Waals surface area contributed by atoms with Gasteiger partial charge in [-0.05, 0) is 32.0 Å². The average Bonchev–Trinajstić information content (AvgIpc) is 2.74. The van der Waals surface area contributed by atoms with E-state index in [4.69, 9.17) is 9.72 Å². The molecule has 7 nitrogen and oxygen atoms in total. The Bertz CT molecular complexity index is 850. The molecule has 1 atom stereocenters. The summed E-state index contributed by atoms with van der Waals surface area (Å²) in [6.07, 6.45) is 0. The van der Waals surface area contributed by atoms with Crippen molar-refractivity contribution in [3.05, 3.63) is 41.6 Å². The summed E-state index contributed by atoms with van der Waals surface area (Å²) in [5, 5.41) is 3.33. The highest BCUT2D eigenvalue weighted by atomic mass is 16.5. The number of carbonyl (C=O) groups excluding carboxylic acids is 1. The summed E-state index contributed by atoms with van der Waals surface area (Å²) >= 11 is 0. The van der Waals surface area contributed by atoms with Gasteiger partial charge in [0.15, 0.2) is 0 Å². The fourth-order valence-electron chi connectivity index (χ4n) is 3.73. The molecule has 2 aliphatic heterocycles. The molecule has 3 heterocycles. The lowest BCUT2D eigenvalue weighted by Crippen LogP contribution is -2.52. The number of hydrogen-bond acceptors (Lipinski definition) is 6. The quantitative estimate of drug-likeness (QED) is 0.873. The van der Waals surface area contributed by atoms with Crippen LogP contribution in [0.1, 0.15) is 23.0 Å². The summed E-state index contributed by atoms with van der Waals surface area (Å²) in [5.41, 5.74) is 3.40. The second kappa shape index (κ2) is 8.24. The van der Waals surface area contributed by atoms with Crippen molar-refractivity contribution in [3.63, 3.8) is 0 Å². The molecule has 1 aromatic carbocycles. The number of aryl methyl sites for hydroxylation is 1. The molecule has 2 aliphatic rings. The van der Waals surface area contributed by atoms with E-state index in [1.807, 2.05) is 42.2 Å². The summed E-state index contributed by atoms with van der Waals surface area (Å²) < 4.78 is 5.43. The molecule has 1 amide bonds. The first-order chi connectivity index (χ1) is 13.6. The number of amides is 1. The van der Waals surface area contributed by atoms with Gasteiger partial charge in [-0.15, -0.1) is 0 Å². The van der Waals surface area contributed by atoms with Crippen molar-refractivity contribution in [1.29, 1.82) is 0 Å². The molecule has 0 saturated carbocycles. The molecule has 1 N–H and O–H groups in total. The maximum Gasteiger partial charge on any atom is 0.254 e. The topological polar surface area (TPSA) is 70.6 Å². The Morgan fingerprint density at radius 2 is 2.00 bits per heavy atom. The lowest BCUT2D eigenvalue weighted by molar-refractivity contribution is 0.0656. The van der Waals surface area contributed by atoms with Gasteiger partial charge in [0, 0.05) is 55.6 Å². The van der Waals surface area contributed by atoms with Crippen LogP contribution in [0.25, 0.3) is 11.3 Å². The molecule has 0 unspecified atom stereocenters. The van der Waals surface area contributed by atoms with Gasteiger partial charge in [0.1, 0.15) is 0 Å². The van der Waals surface area contributed by atoms with Gasteiger partial charge >= 0.3 is 0 Å². The van der Waals surface area contributed by atoms with E-state index in [1.165, 1.54) is 0 Å². The van der Waals surface area contributed by atoms with Crippen LogP contribution >= 0.6 is 0 Å². The van der Waals surface area contributed by atoms with Gasteiger partial charge in [-0.3, -0.25) is 4.79 Å². The minimum absolute atomic E-state index is 0.0787. The van der Waals surface area contributed by atoms with E-state index in [0.717, 1.165) is 55.6 Å². The van der Waals surface area contributed by atoms with Crippen molar-refractivity contribution in [3.8, 4) is 11.3 Å². The van der Waals surface area contributed by atoms with Crippen molar-refractivity contribution in [2.75, 3.05) is 50.8 Å². The number of rotatable bonds is 3. The molecular weight excluding hydrogens is 354 g/mol. The highest BCUT2D eigenvalue weighted by Gasteiger charge is 2.24. The van der Waals surface area contributed by atoms with Crippen LogP contribution in [0, 0.1) is 6.92 Å². The monoisotopic (exact) mass is 381 g/mol. The number of anilines is 1. The normalized spacial score (nSPS) is 20.3. The smallest absolute Gasteiger partial charge is 0.254 e. The Hall–Kier alpha value is -2.51. The maximum atomic E-state index is 13.0. The highest BCUT2D eigenvalue weighted by Crippen LogP contribution is 2.23. The number of aromatic nitrogens is 2. The largest absolute Gasteiger partial charge is 0.378 e. The molecule has 0 aliphatic carbocycles. The number of nitrogens with one attached hydrogen (secondary N) is 1. The molecule has 7 heteroatoms. The second-order valence-corrected chi connectivity index (χ2v) is 7.43. The zero-order chi connectivity index (χ0) is 19.5. The SMILES string of the molecule is Cc1cc(-c2cccc(C(=O)N3CCNC[C@H]3C)c2)nc(N2CCOCC2)n1. The first-order valence-corrected chi connectivity index (χ1v) is 9.92. The van der Waals surface area contributed by atoms with Crippen molar-refractivity contribution in [1.82, 2.24) is 20.2 Å². The Balaban J connectivity index is 1.62. The fraction of sp³-hybridized carbons (Fsp3) is 0.476. The number of nitrogens with zero attached hydrogens (tertiary/aromatic N) is 4. The summed E-state index contributed by atoms with van der Waals surface area (Å²) in [6, 6.07) is 9.93. The fourth-order valence-corrected chi connectivity index (χ4v) is 3.73. The number of hydrogen-bond donors (Lipinski definition) is 1. The lowest BCUT2D eigenvalue weighted by atomic mass is 10.1. The molecule has 2 aromatic rings. The van der Waals surface area contributed by atoms with Crippen LogP contribution in [0.3, 0.4) is 0 Å². The lowest BCUT2D eigenvalue weighted by Gasteiger charge is -2.34. The van der Waals surface area contributed by atoms with E-state index in [2.05, 4.69) is 22.1 Å². The standard InChI is InChI=1S/C21H27N5O2/c1-15-12-19(24-21(23-15)25-8-10-28-11-9-25)17-4-3-5-18(13-17)20(27)26-7-6-22-14-16(26)2/h3-5,12-13,16,22H,6-11,14H2,1-2H3/t16-/m1/s1. The van der Waals surface area contributed by atoms with Crippen LogP contribution in [-0.4, -0.2) is 72.8 Å². The third kappa shape index (κ3) is 4.00. The predicted octanol–water partition coefficient (Wildman–Crippen LogP) is 1.72. The number of piperazine rings is 1. The molecule has 2 saturated heterocycles. The summed E-state index contributed by atoms with van der Waals surface area (Å²) in [4.78, 5) is 26.5. The van der Waals surface area contributed by atoms with Gasteiger partial charge in [0.25, 0.3) is 5.91 Å². The third-order valence-electron chi connectivity index (χ3n) is 5.30. The number of carbonyl (C=O) groups is 1. The van der Waals surface area contributed by atoms with Crippen molar-refractivity contribution in [2.24, 2.45) is 0 Å². The first kappa shape index (κ1) is 18.8. The van der Waals surface area contributed by atoms with Crippen LogP contribution in [0.4, 0.5) is 5.95 Å². The van der Waals surface area contributed by atoms with Gasteiger partial charge in [-0.1, -0.05) is 12.1 Å². The molecule has 2 fully saturated rings. The van der Waals surface area contributed by atoms with Crippen molar-refractivity contribution >= 4 is 11.9 Å². The molecule has 148 valence electrons. The van der Waals surface area contributed by atoms with Gasteiger partial charge in [-0.2, -0.15) is 0 Å². The zero-order valence-corrected chi connectivity index (χ0v) is 16.5. The van der Waals surface area contributed by atoms with Crippen molar-refractivity contribution < 1.29 is 9.53 Å². The van der Waals surface area contributed by atoms with E-state index in [0.29, 0.717) is 18.8 Å². The van der Waals surface area contributed by atoms with E-state index in [-0.39, 0.29) is 11.9 Å². The number of morpholine rings is 1. The summed E-state index contributed by atoms with van der Waals surface area (Å²) in [7, 11) is 0. The van der Waals surface area contributed by atoms with E-state index in [1.54, 1.807) is 0 Å². The predicted molar refractivity (Wildman–Crippen MR) is 109 cm³/mol. The Morgan fingerprint density at radius 3 is 2.79 bits per heavy atom. The number of ether oxygens (including phenoxy) is 1. The van der Waals surface area contributed by atoms with Gasteiger partial charge in [-0.25, -0.2) is 9.97 Å². The van der Waals surface area contributed by atoms with Crippen LogP contribution in [0.5, 0.6) is 0 Å². The first-order valence-electron chi connectivity index (χ1n) is 9.92. The van der Waals surface area contributed by atoms with Gasteiger partial charge < -0.3 is 19.9 Å². The molecule has 1 aromatic heterocycles. The van der Waals surface area contributed by atoms with Crippen LogP contribution < -0.4 is 10.2 Å². The van der Waals surface area contributed by atoms with Gasteiger partial charge in [0.05, 0.1) is 18.9 Å². The minimum Gasteiger partial charge on any atom is -0.378 e. The summed E-state index contributed by atoms with van der Waals surface area (Å²) in [6.45, 7) is 9.44. The maximum absolute atomic E-state index is 13.0. The molecule has 28 heavy (non-hydrogen) atoms. The van der Waals surface area contributed by atoms with Crippen LogP contribution in [-0.2, 0) is 4.74 Å². The van der Waals surface area contributed by atoms with E-state index >= 15 is 0 Å². The highest BCUT2D eigenvalue weighted by molar-refractivity contribution is 5.95. The van der Waals surface area contributed by atoms with E-state index < -0.39 is 0 Å². The molecule has 0 bridgehead atoms. The van der Waals surface area contributed by atoms with Crippen molar-refractivity contribution in [2.45, 2.75) is 19.9 Å². The molecule has 4 rings (SSSR count). The minimum atomic E-state index is 0.0787. The van der Waals surface area contributed by atoms with Gasteiger partial charge in [0.2, 0.25) is 5.95 Å². The Labute approximate surface area is 165 Å². The molecule has 0 spiro atoms. The average molecular weight is 381 g/mol. The Kier molecular flexibility index (Phi) is 5.54. The van der Waals surface area contributed by atoms with Crippen LogP contribution in [0.2, 0.25) is 0 Å². The number of benzene rings is 1. The van der Waals surface area contributed by atoms with Crippen LogP contribution in [0.15, 0.2) is 30.3 Å². The summed E-state index contributed by atoms with van der Waals surface area (Å²) in [5.74, 6) is 0.806. The zero-order valence-electron chi connectivity index (χ0n) is 16.5.